The number of H-pyrrole nitrogens is 2. The molecule has 6 N–H and O–H groups in total. The first kappa shape index (κ1) is 18.9. The zero-order valence-electron chi connectivity index (χ0n) is 16.6. The van der Waals surface area contributed by atoms with Crippen LogP contribution in [0.1, 0.15) is 23.3 Å². The van der Waals surface area contributed by atoms with Gasteiger partial charge in [-0.2, -0.15) is 4.98 Å². The van der Waals surface area contributed by atoms with Gasteiger partial charge in [0.2, 0.25) is 5.95 Å². The van der Waals surface area contributed by atoms with Gasteiger partial charge in [0.25, 0.3) is 5.56 Å². The SMILES string of the molecule is O=c1[nH]c(NC2c3cc4c(ccc5ccccc54)cc3C(O)C(O)C2O)nc2nc[nH]c12. The standard InChI is InChI=1S/C23H19N5O4/c29-18-15-7-11-6-5-10-3-1-2-4-12(10)13(11)8-14(15)16(19(30)20(18)31)26-23-27-21-17(22(32)28-23)24-9-25-21/h1-9,16,18-20,29-31H,(H3,24,25,26,27,28,32). The van der Waals surface area contributed by atoms with Crippen LogP contribution in [-0.2, 0) is 0 Å². The van der Waals surface area contributed by atoms with E-state index < -0.39 is 29.9 Å². The van der Waals surface area contributed by atoms with Crippen molar-refractivity contribution in [3.63, 3.8) is 0 Å². The summed E-state index contributed by atoms with van der Waals surface area (Å²) in [5.74, 6) is 0.103. The van der Waals surface area contributed by atoms with Gasteiger partial charge in [-0.15, -0.1) is 0 Å². The van der Waals surface area contributed by atoms with Crippen molar-refractivity contribution < 1.29 is 15.3 Å². The second-order valence-electron chi connectivity index (χ2n) is 8.05. The molecule has 0 aliphatic heterocycles. The van der Waals surface area contributed by atoms with Crippen LogP contribution >= 0.6 is 0 Å². The monoisotopic (exact) mass is 429 g/mol. The summed E-state index contributed by atoms with van der Waals surface area (Å²) >= 11 is 0. The molecule has 4 atom stereocenters. The first-order valence-electron chi connectivity index (χ1n) is 10.2. The van der Waals surface area contributed by atoms with Crippen LogP contribution in [0.5, 0.6) is 0 Å². The van der Waals surface area contributed by atoms with Gasteiger partial charge >= 0.3 is 0 Å². The van der Waals surface area contributed by atoms with E-state index >= 15 is 0 Å². The highest BCUT2D eigenvalue weighted by Gasteiger charge is 2.41. The minimum absolute atomic E-state index is 0.103. The molecule has 32 heavy (non-hydrogen) atoms. The molecule has 5 aromatic rings. The predicted octanol–water partition coefficient (Wildman–Crippen LogP) is 1.87. The number of aromatic amines is 2. The number of fused-ring (bicyclic) bond motifs is 5. The predicted molar refractivity (Wildman–Crippen MR) is 119 cm³/mol. The summed E-state index contributed by atoms with van der Waals surface area (Å²) < 4.78 is 0. The number of hydrogen-bond acceptors (Lipinski definition) is 7. The van der Waals surface area contributed by atoms with Crippen molar-refractivity contribution in [1.82, 2.24) is 19.9 Å². The van der Waals surface area contributed by atoms with Gasteiger partial charge in [0.1, 0.15) is 18.3 Å². The quantitative estimate of drug-likeness (QED) is 0.235. The summed E-state index contributed by atoms with van der Waals surface area (Å²) in [6.07, 6.45) is -2.64. The van der Waals surface area contributed by atoms with Crippen molar-refractivity contribution in [3.8, 4) is 0 Å². The maximum Gasteiger partial charge on any atom is 0.278 e. The van der Waals surface area contributed by atoms with Crippen molar-refractivity contribution in [3.05, 3.63) is 76.3 Å². The Morgan fingerprint density at radius 2 is 1.72 bits per heavy atom. The molecule has 9 nitrogen and oxygen atoms in total. The van der Waals surface area contributed by atoms with E-state index in [0.717, 1.165) is 21.5 Å². The molecule has 9 heteroatoms. The Bertz CT molecular complexity index is 1560. The Labute approximate surface area is 180 Å². The average molecular weight is 429 g/mol. The van der Waals surface area contributed by atoms with E-state index in [9.17, 15) is 20.1 Å². The van der Waals surface area contributed by atoms with Crippen LogP contribution in [0.4, 0.5) is 5.95 Å². The van der Waals surface area contributed by atoms with Gasteiger partial charge in [0.05, 0.1) is 12.4 Å². The number of imidazole rings is 1. The highest BCUT2D eigenvalue weighted by molar-refractivity contribution is 6.08. The highest BCUT2D eigenvalue weighted by atomic mass is 16.4. The Morgan fingerprint density at radius 1 is 0.906 bits per heavy atom. The van der Waals surface area contributed by atoms with E-state index in [1.54, 1.807) is 0 Å². The molecule has 6 rings (SSSR count). The van der Waals surface area contributed by atoms with Gasteiger partial charge in [0, 0.05) is 0 Å². The van der Waals surface area contributed by atoms with Crippen molar-refractivity contribution >= 4 is 38.7 Å². The molecule has 0 fully saturated rings. The highest BCUT2D eigenvalue weighted by Crippen LogP contribution is 2.41. The molecule has 0 saturated carbocycles. The average Bonchev–Trinajstić information content (AvgIpc) is 3.29. The van der Waals surface area contributed by atoms with Crippen LogP contribution in [0.15, 0.2) is 59.7 Å². The number of aromatic nitrogens is 4. The van der Waals surface area contributed by atoms with Crippen LogP contribution in [0.3, 0.4) is 0 Å². The maximum absolute atomic E-state index is 12.3. The van der Waals surface area contributed by atoms with Gasteiger partial charge in [-0.25, -0.2) is 4.98 Å². The number of anilines is 1. The van der Waals surface area contributed by atoms with Crippen LogP contribution in [-0.4, -0.2) is 47.5 Å². The zero-order chi connectivity index (χ0) is 22.0. The molecule has 2 aromatic heterocycles. The minimum Gasteiger partial charge on any atom is -0.388 e. The number of aliphatic hydroxyl groups is 3. The van der Waals surface area contributed by atoms with Gasteiger partial charge in [0.15, 0.2) is 11.2 Å². The topological polar surface area (TPSA) is 147 Å². The molecule has 0 saturated heterocycles. The van der Waals surface area contributed by atoms with Gasteiger partial charge in [-0.05, 0) is 44.8 Å². The number of rotatable bonds is 2. The first-order valence-corrected chi connectivity index (χ1v) is 10.2. The Hall–Kier alpha value is -3.79. The van der Waals surface area contributed by atoms with E-state index in [1.807, 2.05) is 48.5 Å². The maximum atomic E-state index is 12.3. The molecule has 0 spiro atoms. The third kappa shape index (κ3) is 2.72. The summed E-state index contributed by atoms with van der Waals surface area (Å²) in [5, 5.41) is 39.0. The van der Waals surface area contributed by atoms with Crippen LogP contribution in [0, 0.1) is 0 Å². The van der Waals surface area contributed by atoms with Crippen molar-refractivity contribution in [2.45, 2.75) is 24.4 Å². The number of nitrogens with one attached hydrogen (secondary N) is 3. The normalized spacial score (nSPS) is 23.0. The van der Waals surface area contributed by atoms with Crippen LogP contribution < -0.4 is 10.9 Å². The van der Waals surface area contributed by atoms with E-state index in [1.165, 1.54) is 6.33 Å². The molecule has 2 heterocycles. The molecule has 4 unspecified atom stereocenters. The molecular weight excluding hydrogens is 410 g/mol. The Morgan fingerprint density at radius 3 is 2.59 bits per heavy atom. The number of nitrogens with zero attached hydrogens (tertiary/aromatic N) is 2. The fourth-order valence-corrected chi connectivity index (χ4v) is 4.59. The lowest BCUT2D eigenvalue weighted by Crippen LogP contribution is -2.44. The molecule has 160 valence electrons. The first-order chi connectivity index (χ1) is 15.5. The largest absolute Gasteiger partial charge is 0.388 e. The number of hydrogen-bond donors (Lipinski definition) is 6. The number of benzene rings is 3. The molecule has 1 aliphatic carbocycles. The van der Waals surface area contributed by atoms with E-state index in [2.05, 4.69) is 25.3 Å². The summed E-state index contributed by atoms with van der Waals surface area (Å²) in [7, 11) is 0. The Balaban J connectivity index is 1.55. The van der Waals surface area contributed by atoms with Crippen molar-refractivity contribution in [2.75, 3.05) is 5.32 Å². The zero-order valence-corrected chi connectivity index (χ0v) is 16.6. The summed E-state index contributed by atoms with van der Waals surface area (Å²) in [4.78, 5) is 26.0. The smallest absolute Gasteiger partial charge is 0.278 e. The van der Waals surface area contributed by atoms with Crippen molar-refractivity contribution in [2.24, 2.45) is 0 Å². The number of aliphatic hydroxyl groups excluding tert-OH is 3. The van der Waals surface area contributed by atoms with Gasteiger partial charge in [-0.1, -0.05) is 36.4 Å². The molecule has 1 aliphatic rings. The van der Waals surface area contributed by atoms with Crippen LogP contribution in [0.2, 0.25) is 0 Å². The Kier molecular flexibility index (Phi) is 4.06. The lowest BCUT2D eigenvalue weighted by Gasteiger charge is -2.38. The molecular formula is C23H19N5O4. The fraction of sp³-hybridized carbons (Fsp3) is 0.174. The minimum atomic E-state index is -1.42. The third-order valence-electron chi connectivity index (χ3n) is 6.21. The molecule has 0 amide bonds. The summed E-state index contributed by atoms with van der Waals surface area (Å²) in [6, 6.07) is 14.8. The van der Waals surface area contributed by atoms with Crippen molar-refractivity contribution in [1.29, 1.82) is 0 Å². The van der Waals surface area contributed by atoms with Crippen LogP contribution in [0.25, 0.3) is 32.7 Å². The lowest BCUT2D eigenvalue weighted by atomic mass is 9.80. The van der Waals surface area contributed by atoms with E-state index in [-0.39, 0.29) is 17.1 Å². The molecule has 3 aromatic carbocycles. The van der Waals surface area contributed by atoms with E-state index in [4.69, 9.17) is 0 Å². The van der Waals surface area contributed by atoms with Gasteiger partial charge in [-0.3, -0.25) is 9.78 Å². The third-order valence-corrected chi connectivity index (χ3v) is 6.21. The lowest BCUT2D eigenvalue weighted by molar-refractivity contribution is -0.0770. The summed E-state index contributed by atoms with van der Waals surface area (Å²) in [6.45, 7) is 0. The summed E-state index contributed by atoms with van der Waals surface area (Å²) in [5.41, 5.74) is 1.18. The fourth-order valence-electron chi connectivity index (χ4n) is 4.59. The van der Waals surface area contributed by atoms with Gasteiger partial charge < -0.3 is 25.6 Å². The van der Waals surface area contributed by atoms with E-state index in [0.29, 0.717) is 11.1 Å². The second kappa shape index (κ2) is 6.86. The molecule has 0 radical (unpaired) electrons. The molecule has 0 bridgehead atoms. The second-order valence-corrected chi connectivity index (χ2v) is 8.05.